The Kier molecular flexibility index (Phi) is 5.49. The molecule has 1 aliphatic rings. The molecule has 2 aromatic carbocycles. The maximum Gasteiger partial charge on any atom is 0.307 e. The minimum atomic E-state index is -0.578. The quantitative estimate of drug-likeness (QED) is 0.576. The van der Waals surface area contributed by atoms with Gasteiger partial charge in [0.05, 0.1) is 20.0 Å². The number of fused-ring (bicyclic) bond motifs is 1. The second kappa shape index (κ2) is 7.99. The average molecular weight is 371 g/mol. The van der Waals surface area contributed by atoms with Crippen LogP contribution in [0.4, 0.5) is 4.39 Å². The van der Waals surface area contributed by atoms with Crippen LogP contribution in [-0.2, 0) is 27.4 Å². The predicted octanol–water partition coefficient (Wildman–Crippen LogP) is 2.49. The monoisotopic (exact) mass is 371 g/mol. The van der Waals surface area contributed by atoms with Gasteiger partial charge in [-0.25, -0.2) is 4.39 Å². The molecule has 0 aliphatic carbocycles. The molecular formula is C20H18FNO5. The second-order valence-electron chi connectivity index (χ2n) is 6.06. The van der Waals surface area contributed by atoms with Crippen molar-refractivity contribution in [3.8, 4) is 5.75 Å². The summed E-state index contributed by atoms with van der Waals surface area (Å²) in [5, 5.41) is 0. The van der Waals surface area contributed by atoms with Gasteiger partial charge in [-0.15, -0.1) is 0 Å². The molecule has 0 atom stereocenters. The number of benzene rings is 2. The lowest BCUT2D eigenvalue weighted by Crippen LogP contribution is -2.43. The number of nitrogens with zero attached hydrogens (tertiary/aromatic N) is 1. The molecule has 0 unspecified atom stereocenters. The van der Waals surface area contributed by atoms with Crippen LogP contribution in [0.2, 0.25) is 0 Å². The summed E-state index contributed by atoms with van der Waals surface area (Å²) in [4.78, 5) is 37.6. The van der Waals surface area contributed by atoms with Crippen LogP contribution >= 0.6 is 0 Å². The average Bonchev–Trinajstić information content (AvgIpc) is 2.66. The van der Waals surface area contributed by atoms with Gasteiger partial charge in [-0.2, -0.15) is 0 Å². The van der Waals surface area contributed by atoms with Crippen LogP contribution in [0.1, 0.15) is 27.9 Å². The number of rotatable bonds is 6. The van der Waals surface area contributed by atoms with Gasteiger partial charge < -0.3 is 9.47 Å². The Hall–Kier alpha value is -3.22. The van der Waals surface area contributed by atoms with E-state index in [2.05, 4.69) is 0 Å². The van der Waals surface area contributed by atoms with E-state index in [1.165, 1.54) is 19.2 Å². The molecule has 0 fully saturated rings. The van der Waals surface area contributed by atoms with Gasteiger partial charge in [0.15, 0.2) is 11.6 Å². The van der Waals surface area contributed by atoms with Gasteiger partial charge in [-0.05, 0) is 29.3 Å². The Bertz CT molecular complexity index is 896. The van der Waals surface area contributed by atoms with Gasteiger partial charge in [0, 0.05) is 12.1 Å². The number of amides is 2. The van der Waals surface area contributed by atoms with Crippen LogP contribution in [0.25, 0.3) is 0 Å². The molecule has 6 nitrogen and oxygen atoms in total. The van der Waals surface area contributed by atoms with Crippen LogP contribution in [0.15, 0.2) is 42.5 Å². The third-order valence-electron chi connectivity index (χ3n) is 4.29. The van der Waals surface area contributed by atoms with Crippen molar-refractivity contribution in [2.75, 3.05) is 13.7 Å². The number of hydrogen-bond acceptors (Lipinski definition) is 5. The van der Waals surface area contributed by atoms with E-state index in [9.17, 15) is 18.8 Å². The van der Waals surface area contributed by atoms with E-state index >= 15 is 0 Å². The van der Waals surface area contributed by atoms with Crippen molar-refractivity contribution < 1.29 is 28.2 Å². The van der Waals surface area contributed by atoms with Crippen LogP contribution < -0.4 is 4.74 Å². The number of esters is 1. The maximum atomic E-state index is 13.6. The largest absolute Gasteiger partial charge is 0.494 e. The Morgan fingerprint density at radius 1 is 1.19 bits per heavy atom. The molecule has 0 N–H and O–H groups in total. The number of ether oxygens (including phenoxy) is 2. The standard InChI is InChI=1S/C20H18FNO5/c1-26-17-7-6-13(10-16(17)21)12-27-19(24)8-9-22-18(23)11-14-4-2-3-5-15(14)20(22)25/h2-7,10H,8-9,11-12H2,1H3. The SMILES string of the molecule is COc1ccc(COC(=O)CCN2C(=O)Cc3ccccc3C2=O)cc1F. The molecule has 0 saturated carbocycles. The van der Waals surface area contributed by atoms with Crippen LogP contribution in [0.5, 0.6) is 5.75 Å². The number of imide groups is 1. The molecular weight excluding hydrogens is 353 g/mol. The zero-order valence-electron chi connectivity index (χ0n) is 14.7. The molecule has 2 amide bonds. The highest BCUT2D eigenvalue weighted by Gasteiger charge is 2.30. The minimum Gasteiger partial charge on any atom is -0.494 e. The van der Waals surface area contributed by atoms with Gasteiger partial charge in [0.2, 0.25) is 5.91 Å². The highest BCUT2D eigenvalue weighted by Crippen LogP contribution is 2.20. The molecule has 2 aromatic rings. The first-order chi connectivity index (χ1) is 13.0. The number of hydrogen-bond donors (Lipinski definition) is 0. The lowest BCUT2D eigenvalue weighted by atomic mass is 9.98. The molecule has 0 radical (unpaired) electrons. The molecule has 3 rings (SSSR count). The zero-order chi connectivity index (χ0) is 19.4. The number of halogens is 1. The fourth-order valence-electron chi connectivity index (χ4n) is 2.87. The van der Waals surface area contributed by atoms with Crippen molar-refractivity contribution in [2.45, 2.75) is 19.4 Å². The van der Waals surface area contributed by atoms with Crippen molar-refractivity contribution in [1.82, 2.24) is 4.90 Å². The molecule has 1 heterocycles. The maximum absolute atomic E-state index is 13.6. The first-order valence-corrected chi connectivity index (χ1v) is 8.40. The van der Waals surface area contributed by atoms with Crippen molar-refractivity contribution in [3.05, 3.63) is 65.0 Å². The Labute approximate surface area is 155 Å². The predicted molar refractivity (Wildman–Crippen MR) is 93.6 cm³/mol. The van der Waals surface area contributed by atoms with Crippen molar-refractivity contribution in [1.29, 1.82) is 0 Å². The zero-order valence-corrected chi connectivity index (χ0v) is 14.7. The third kappa shape index (κ3) is 4.13. The van der Waals surface area contributed by atoms with Gasteiger partial charge >= 0.3 is 5.97 Å². The van der Waals surface area contributed by atoms with Crippen LogP contribution in [-0.4, -0.2) is 36.3 Å². The Balaban J connectivity index is 1.54. The van der Waals surface area contributed by atoms with E-state index in [4.69, 9.17) is 9.47 Å². The van der Waals surface area contributed by atoms with Crippen molar-refractivity contribution in [2.24, 2.45) is 0 Å². The fraction of sp³-hybridized carbons (Fsp3) is 0.250. The van der Waals surface area contributed by atoms with Gasteiger partial charge in [0.25, 0.3) is 5.91 Å². The molecule has 0 saturated heterocycles. The summed E-state index contributed by atoms with van der Waals surface area (Å²) in [6.07, 6.45) is 0.000367. The van der Waals surface area contributed by atoms with E-state index in [1.807, 2.05) is 0 Å². The lowest BCUT2D eigenvalue weighted by molar-refractivity contribution is -0.145. The summed E-state index contributed by atoms with van der Waals surface area (Å²) in [6.45, 7) is -0.160. The van der Waals surface area contributed by atoms with Gasteiger partial charge in [-0.3, -0.25) is 19.3 Å². The molecule has 0 aromatic heterocycles. The van der Waals surface area contributed by atoms with Crippen molar-refractivity contribution in [3.63, 3.8) is 0 Å². The van der Waals surface area contributed by atoms with E-state index in [0.29, 0.717) is 16.7 Å². The summed E-state index contributed by atoms with van der Waals surface area (Å²) in [5.74, 6) is -1.78. The van der Waals surface area contributed by atoms with E-state index in [1.54, 1.807) is 30.3 Å². The minimum absolute atomic E-state index is 0.0538. The van der Waals surface area contributed by atoms with Crippen molar-refractivity contribution >= 4 is 17.8 Å². The highest BCUT2D eigenvalue weighted by atomic mass is 19.1. The first-order valence-electron chi connectivity index (χ1n) is 8.40. The fourth-order valence-corrected chi connectivity index (χ4v) is 2.87. The third-order valence-corrected chi connectivity index (χ3v) is 4.29. The molecule has 0 spiro atoms. The Morgan fingerprint density at radius 2 is 1.96 bits per heavy atom. The molecule has 140 valence electrons. The first kappa shape index (κ1) is 18.6. The van der Waals surface area contributed by atoms with Gasteiger partial charge in [-0.1, -0.05) is 24.3 Å². The summed E-state index contributed by atoms with van der Waals surface area (Å²) < 4.78 is 23.5. The highest BCUT2D eigenvalue weighted by molar-refractivity contribution is 6.09. The number of methoxy groups -OCH3 is 1. The smallest absolute Gasteiger partial charge is 0.307 e. The Morgan fingerprint density at radius 3 is 2.70 bits per heavy atom. The normalized spacial score (nSPS) is 13.3. The summed E-state index contributed by atoms with van der Waals surface area (Å²) in [5.41, 5.74) is 1.63. The van der Waals surface area contributed by atoms with E-state index < -0.39 is 17.7 Å². The lowest BCUT2D eigenvalue weighted by Gasteiger charge is -2.26. The molecule has 0 bridgehead atoms. The second-order valence-corrected chi connectivity index (χ2v) is 6.06. The number of carbonyl (C=O) groups excluding carboxylic acids is 3. The van der Waals surface area contributed by atoms with Gasteiger partial charge in [0.1, 0.15) is 6.61 Å². The van der Waals surface area contributed by atoms with Crippen LogP contribution in [0, 0.1) is 5.82 Å². The summed E-state index contributed by atoms with van der Waals surface area (Å²) in [7, 11) is 1.36. The molecule has 27 heavy (non-hydrogen) atoms. The van der Waals surface area contributed by atoms with E-state index in [0.717, 1.165) is 4.90 Å². The summed E-state index contributed by atoms with van der Waals surface area (Å²) in [6, 6.07) is 11.2. The van der Waals surface area contributed by atoms with Crippen LogP contribution in [0.3, 0.4) is 0 Å². The summed E-state index contributed by atoms with van der Waals surface area (Å²) >= 11 is 0. The molecule has 7 heteroatoms. The number of carbonyl (C=O) groups is 3. The topological polar surface area (TPSA) is 72.9 Å². The molecule has 1 aliphatic heterocycles. The van der Waals surface area contributed by atoms with E-state index in [-0.39, 0.29) is 37.6 Å².